The van der Waals surface area contributed by atoms with Crippen molar-refractivity contribution in [1.29, 1.82) is 0 Å². The topological polar surface area (TPSA) is 46.4 Å². The van der Waals surface area contributed by atoms with Crippen LogP contribution in [-0.2, 0) is 6.54 Å². The molecule has 0 unspecified atom stereocenters. The van der Waals surface area contributed by atoms with Crippen molar-refractivity contribution in [2.45, 2.75) is 46.2 Å². The molecule has 2 heterocycles. The largest absolute Gasteiger partial charge is 0.304 e. The molecule has 3 aromatic rings. The monoisotopic (exact) mass is 355 g/mol. The van der Waals surface area contributed by atoms with Gasteiger partial charge in [0, 0.05) is 30.2 Å². The second kappa shape index (κ2) is 7.50. The third kappa shape index (κ3) is 3.99. The van der Waals surface area contributed by atoms with Crippen molar-refractivity contribution in [3.63, 3.8) is 0 Å². The molecule has 4 nitrogen and oxygen atoms in total. The van der Waals surface area contributed by atoms with Crippen LogP contribution >= 0.6 is 11.3 Å². The summed E-state index contributed by atoms with van der Waals surface area (Å²) < 4.78 is 1.58. The van der Waals surface area contributed by atoms with E-state index in [-0.39, 0.29) is 11.6 Å². The van der Waals surface area contributed by atoms with Gasteiger partial charge in [-0.1, -0.05) is 52.0 Å². The molecule has 0 saturated heterocycles. The molecule has 0 aliphatic carbocycles. The maximum atomic E-state index is 12.1. The molecule has 0 aliphatic rings. The molecule has 0 saturated carbocycles. The molecular weight excluding hydrogens is 330 g/mol. The molecule has 25 heavy (non-hydrogen) atoms. The molecule has 5 heteroatoms. The fourth-order valence-corrected chi connectivity index (χ4v) is 3.76. The van der Waals surface area contributed by atoms with Crippen molar-refractivity contribution in [2.24, 2.45) is 5.92 Å². The van der Waals surface area contributed by atoms with Crippen molar-refractivity contribution in [2.75, 3.05) is 0 Å². The van der Waals surface area contributed by atoms with Crippen LogP contribution in [0.25, 0.3) is 4.96 Å². The van der Waals surface area contributed by atoms with Crippen LogP contribution in [-0.4, -0.2) is 9.38 Å². The first-order chi connectivity index (χ1) is 12.0. The first kappa shape index (κ1) is 17.8. The molecule has 0 fully saturated rings. The van der Waals surface area contributed by atoms with Gasteiger partial charge in [0.2, 0.25) is 0 Å². The van der Waals surface area contributed by atoms with Gasteiger partial charge < -0.3 is 5.32 Å². The Hall–Kier alpha value is -1.98. The van der Waals surface area contributed by atoms with Crippen LogP contribution in [0.1, 0.15) is 56.5 Å². The summed E-state index contributed by atoms with van der Waals surface area (Å²) in [6.45, 7) is 9.41. The molecule has 0 aliphatic heterocycles. The van der Waals surface area contributed by atoms with Gasteiger partial charge in [-0.3, -0.25) is 9.20 Å². The van der Waals surface area contributed by atoms with Gasteiger partial charge in [-0.25, -0.2) is 4.98 Å². The van der Waals surface area contributed by atoms with Crippen LogP contribution in [0.2, 0.25) is 0 Å². The van der Waals surface area contributed by atoms with Crippen LogP contribution in [0.5, 0.6) is 0 Å². The molecule has 2 aromatic heterocycles. The minimum atomic E-state index is -0.0227. The number of hydrogen-bond donors (Lipinski definition) is 1. The molecule has 1 atom stereocenters. The molecule has 1 N–H and O–H groups in total. The average Bonchev–Trinajstić information content (AvgIpc) is 3.04. The lowest BCUT2D eigenvalue weighted by atomic mass is 9.93. The van der Waals surface area contributed by atoms with E-state index in [1.54, 1.807) is 16.7 Å². The lowest BCUT2D eigenvalue weighted by Gasteiger charge is -2.23. The van der Waals surface area contributed by atoms with Crippen LogP contribution in [0, 0.1) is 5.92 Å². The summed E-state index contributed by atoms with van der Waals surface area (Å²) in [6.07, 6.45) is 1.76. The molecule has 1 aromatic carbocycles. The summed E-state index contributed by atoms with van der Waals surface area (Å²) in [6, 6.07) is 10.7. The van der Waals surface area contributed by atoms with Crippen LogP contribution in [0.15, 0.2) is 46.7 Å². The summed E-state index contributed by atoms with van der Waals surface area (Å²) in [7, 11) is 0. The van der Waals surface area contributed by atoms with E-state index in [0.29, 0.717) is 18.4 Å². The van der Waals surface area contributed by atoms with Gasteiger partial charge in [-0.2, -0.15) is 0 Å². The van der Waals surface area contributed by atoms with Crippen molar-refractivity contribution in [3.05, 3.63) is 69.1 Å². The van der Waals surface area contributed by atoms with Gasteiger partial charge in [0.1, 0.15) is 0 Å². The van der Waals surface area contributed by atoms with E-state index >= 15 is 0 Å². The molecule has 3 rings (SSSR count). The summed E-state index contributed by atoms with van der Waals surface area (Å²) >= 11 is 1.48. The lowest BCUT2D eigenvalue weighted by Crippen LogP contribution is -2.27. The highest BCUT2D eigenvalue weighted by Gasteiger charge is 2.16. The number of hydrogen-bond acceptors (Lipinski definition) is 4. The highest BCUT2D eigenvalue weighted by Crippen LogP contribution is 2.24. The Bertz CT molecular complexity index is 893. The van der Waals surface area contributed by atoms with E-state index in [1.807, 2.05) is 5.38 Å². The third-order valence-electron chi connectivity index (χ3n) is 4.49. The van der Waals surface area contributed by atoms with Crippen molar-refractivity contribution in [3.8, 4) is 0 Å². The van der Waals surface area contributed by atoms with E-state index in [9.17, 15) is 4.79 Å². The van der Waals surface area contributed by atoms with E-state index in [4.69, 9.17) is 0 Å². The Kier molecular flexibility index (Phi) is 5.35. The Morgan fingerprint density at radius 1 is 1.12 bits per heavy atom. The summed E-state index contributed by atoms with van der Waals surface area (Å²) in [4.78, 5) is 17.4. The SMILES string of the molecule is CC(C)c1ccc([C@H](NCc2cc(=O)n3ccsc3n2)C(C)C)cc1. The maximum Gasteiger partial charge on any atom is 0.258 e. The van der Waals surface area contributed by atoms with Crippen molar-refractivity contribution in [1.82, 2.24) is 14.7 Å². The first-order valence-electron chi connectivity index (χ1n) is 8.74. The number of thiazole rings is 1. The molecule has 0 spiro atoms. The Labute approximate surface area is 152 Å². The second-order valence-electron chi connectivity index (χ2n) is 7.07. The average molecular weight is 356 g/mol. The van der Waals surface area contributed by atoms with Crippen LogP contribution in [0.4, 0.5) is 0 Å². The van der Waals surface area contributed by atoms with Gasteiger partial charge in [0.25, 0.3) is 5.56 Å². The van der Waals surface area contributed by atoms with Gasteiger partial charge in [-0.05, 0) is 23.0 Å². The maximum absolute atomic E-state index is 12.1. The Morgan fingerprint density at radius 2 is 1.80 bits per heavy atom. The zero-order valence-corrected chi connectivity index (χ0v) is 16.0. The molecule has 0 bridgehead atoms. The number of nitrogens with one attached hydrogen (secondary N) is 1. The van der Waals surface area contributed by atoms with Gasteiger partial charge >= 0.3 is 0 Å². The standard InChI is InChI=1S/C20H25N3OS/c1-13(2)15-5-7-16(8-6-15)19(14(3)4)21-12-17-11-18(24)23-9-10-25-20(23)22-17/h5-11,13-14,19,21H,12H2,1-4H3/t19-/m1/s1. The predicted molar refractivity (Wildman–Crippen MR) is 104 cm³/mol. The number of benzene rings is 1. The predicted octanol–water partition coefficient (Wildman–Crippen LogP) is 4.37. The van der Waals surface area contributed by atoms with Crippen molar-refractivity contribution >= 4 is 16.3 Å². The van der Waals surface area contributed by atoms with Crippen molar-refractivity contribution < 1.29 is 0 Å². The fourth-order valence-electron chi connectivity index (χ4n) is 3.02. The normalized spacial score (nSPS) is 13.0. The zero-order chi connectivity index (χ0) is 18.0. The quantitative estimate of drug-likeness (QED) is 0.714. The van der Waals surface area contributed by atoms with E-state index in [2.05, 4.69) is 62.3 Å². The lowest BCUT2D eigenvalue weighted by molar-refractivity contribution is 0.408. The summed E-state index contributed by atoms with van der Waals surface area (Å²) in [5, 5.41) is 5.46. The Morgan fingerprint density at radius 3 is 2.44 bits per heavy atom. The fraction of sp³-hybridized carbons (Fsp3) is 0.400. The first-order valence-corrected chi connectivity index (χ1v) is 9.62. The van der Waals surface area contributed by atoms with E-state index in [1.165, 1.54) is 22.5 Å². The molecule has 0 amide bonds. The minimum absolute atomic E-state index is 0.0227. The third-order valence-corrected chi connectivity index (χ3v) is 5.24. The Balaban J connectivity index is 1.78. The highest BCUT2D eigenvalue weighted by molar-refractivity contribution is 7.15. The molecule has 0 radical (unpaired) electrons. The molecular formula is C20H25N3OS. The highest BCUT2D eigenvalue weighted by atomic mass is 32.1. The number of aromatic nitrogens is 2. The van der Waals surface area contributed by atoms with Crippen LogP contribution in [0.3, 0.4) is 0 Å². The van der Waals surface area contributed by atoms with Gasteiger partial charge in [0.05, 0.1) is 5.69 Å². The van der Waals surface area contributed by atoms with E-state index in [0.717, 1.165) is 10.7 Å². The smallest absolute Gasteiger partial charge is 0.258 e. The molecule has 132 valence electrons. The van der Waals surface area contributed by atoms with Gasteiger partial charge in [-0.15, -0.1) is 11.3 Å². The minimum Gasteiger partial charge on any atom is -0.304 e. The van der Waals surface area contributed by atoms with Crippen LogP contribution < -0.4 is 10.9 Å². The second-order valence-corrected chi connectivity index (χ2v) is 7.94. The number of rotatable bonds is 6. The number of nitrogens with zero attached hydrogens (tertiary/aromatic N) is 2. The summed E-state index contributed by atoms with van der Waals surface area (Å²) in [5.74, 6) is 0.977. The van der Waals surface area contributed by atoms with E-state index < -0.39 is 0 Å². The summed E-state index contributed by atoms with van der Waals surface area (Å²) in [5.41, 5.74) is 3.39. The van der Waals surface area contributed by atoms with Gasteiger partial charge in [0.15, 0.2) is 4.96 Å². The zero-order valence-electron chi connectivity index (χ0n) is 15.2. The number of fused-ring (bicyclic) bond motifs is 1.